The molecule has 1 aromatic rings. The number of nitrogens with two attached hydrogens (primary N) is 1. The summed E-state index contributed by atoms with van der Waals surface area (Å²) in [6.07, 6.45) is 7.42. The lowest BCUT2D eigenvalue weighted by Crippen LogP contribution is -2.56. The number of carbonyl (C=O) groups excluding carboxylic acids is 2. The first-order valence-electron chi connectivity index (χ1n) is 10.9. The maximum absolute atomic E-state index is 13.0. The summed E-state index contributed by atoms with van der Waals surface area (Å²) < 4.78 is 5.18. The van der Waals surface area contributed by atoms with Crippen molar-refractivity contribution in [2.75, 3.05) is 43.1 Å². The number of benzene rings is 1. The van der Waals surface area contributed by atoms with Gasteiger partial charge in [-0.3, -0.25) is 14.5 Å². The van der Waals surface area contributed by atoms with Gasteiger partial charge in [-0.05, 0) is 55.9 Å². The predicted molar refractivity (Wildman–Crippen MR) is 113 cm³/mol. The molecular weight excluding hydrogens is 368 g/mol. The molecule has 7 nitrogen and oxygen atoms in total. The second-order valence-electron chi connectivity index (χ2n) is 8.46. The van der Waals surface area contributed by atoms with E-state index in [0.717, 1.165) is 17.9 Å². The number of anilines is 2. The Morgan fingerprint density at radius 3 is 2.48 bits per heavy atom. The molecule has 0 aromatic heterocycles. The number of hydrogen-bond acceptors (Lipinski definition) is 5. The van der Waals surface area contributed by atoms with Crippen LogP contribution in [0, 0.1) is 5.92 Å². The third-order valence-electron chi connectivity index (χ3n) is 6.60. The molecule has 3 aliphatic rings. The molecule has 1 heterocycles. The van der Waals surface area contributed by atoms with Crippen molar-refractivity contribution in [3.8, 4) is 0 Å². The van der Waals surface area contributed by atoms with Crippen molar-refractivity contribution in [3.63, 3.8) is 0 Å². The monoisotopic (exact) mass is 400 g/mol. The van der Waals surface area contributed by atoms with Crippen LogP contribution >= 0.6 is 0 Å². The Labute approximate surface area is 172 Å². The van der Waals surface area contributed by atoms with Crippen LogP contribution in [0.5, 0.6) is 0 Å². The third-order valence-corrected chi connectivity index (χ3v) is 6.60. The Morgan fingerprint density at radius 1 is 1.21 bits per heavy atom. The van der Waals surface area contributed by atoms with Crippen LogP contribution in [0.2, 0.25) is 0 Å². The lowest BCUT2D eigenvalue weighted by Gasteiger charge is -2.44. The number of nitrogens with zero attached hydrogens (tertiary/aromatic N) is 2. The number of nitrogens with one attached hydrogen (secondary N) is 1. The molecule has 1 atom stereocenters. The van der Waals surface area contributed by atoms with Crippen LogP contribution in [-0.2, 0) is 14.3 Å². The van der Waals surface area contributed by atoms with Gasteiger partial charge in [-0.2, -0.15) is 0 Å². The maximum Gasteiger partial charge on any atom is 0.253 e. The maximum atomic E-state index is 13.0. The lowest BCUT2D eigenvalue weighted by atomic mass is 9.82. The first kappa shape index (κ1) is 20.3. The fourth-order valence-electron chi connectivity index (χ4n) is 4.36. The molecule has 0 radical (unpaired) electrons. The van der Waals surface area contributed by atoms with Gasteiger partial charge in [0.1, 0.15) is 12.6 Å². The summed E-state index contributed by atoms with van der Waals surface area (Å²) in [4.78, 5) is 29.1. The van der Waals surface area contributed by atoms with Crippen LogP contribution in [-0.4, -0.2) is 61.6 Å². The van der Waals surface area contributed by atoms with E-state index in [1.165, 1.54) is 38.5 Å². The van der Waals surface area contributed by atoms with Crippen molar-refractivity contribution in [1.82, 2.24) is 4.90 Å². The van der Waals surface area contributed by atoms with E-state index in [2.05, 4.69) is 10.2 Å². The van der Waals surface area contributed by atoms with E-state index in [-0.39, 0.29) is 24.5 Å². The minimum absolute atomic E-state index is 0.0334. The molecule has 2 aliphatic carbocycles. The summed E-state index contributed by atoms with van der Waals surface area (Å²) in [7, 11) is 0. The summed E-state index contributed by atoms with van der Waals surface area (Å²) >= 11 is 0. The highest BCUT2D eigenvalue weighted by Gasteiger charge is 2.36. The van der Waals surface area contributed by atoms with Crippen LogP contribution < -0.4 is 16.0 Å². The van der Waals surface area contributed by atoms with E-state index >= 15 is 0 Å². The third kappa shape index (κ3) is 4.63. The van der Waals surface area contributed by atoms with Gasteiger partial charge in [0.25, 0.3) is 5.91 Å². The number of carbonyl (C=O) groups is 2. The van der Waals surface area contributed by atoms with Crippen LogP contribution in [0.15, 0.2) is 24.3 Å². The fourth-order valence-corrected chi connectivity index (χ4v) is 4.36. The smallest absolute Gasteiger partial charge is 0.253 e. The minimum Gasteiger partial charge on any atom is -0.370 e. The van der Waals surface area contributed by atoms with Gasteiger partial charge in [-0.15, -0.1) is 0 Å². The van der Waals surface area contributed by atoms with Gasteiger partial charge in [-0.1, -0.05) is 12.8 Å². The number of ether oxygens (including phenoxy) is 1. The first-order valence-corrected chi connectivity index (χ1v) is 10.9. The van der Waals surface area contributed by atoms with E-state index in [0.29, 0.717) is 31.7 Å². The Morgan fingerprint density at radius 2 is 1.93 bits per heavy atom. The van der Waals surface area contributed by atoms with E-state index in [1.807, 2.05) is 24.3 Å². The van der Waals surface area contributed by atoms with Gasteiger partial charge < -0.3 is 20.7 Å². The summed E-state index contributed by atoms with van der Waals surface area (Å²) in [5.74, 6) is 0.639. The van der Waals surface area contributed by atoms with E-state index in [1.54, 1.807) is 4.90 Å². The molecule has 0 unspecified atom stereocenters. The average Bonchev–Trinajstić information content (AvgIpc) is 2.64. The van der Waals surface area contributed by atoms with Crippen molar-refractivity contribution in [2.45, 2.75) is 50.6 Å². The first-order chi connectivity index (χ1) is 14.2. The van der Waals surface area contributed by atoms with Gasteiger partial charge in [-0.25, -0.2) is 0 Å². The second kappa shape index (κ2) is 9.24. The summed E-state index contributed by atoms with van der Waals surface area (Å²) in [5, 5.41) is 3.04. The lowest BCUT2D eigenvalue weighted by molar-refractivity contribution is -0.125. The molecule has 0 spiro atoms. The predicted octanol–water partition coefficient (Wildman–Crippen LogP) is 1.97. The molecule has 3 fully saturated rings. The fraction of sp³-hybridized carbons (Fsp3) is 0.636. The van der Waals surface area contributed by atoms with Gasteiger partial charge in [0.2, 0.25) is 5.91 Å². The van der Waals surface area contributed by atoms with E-state index in [9.17, 15) is 9.59 Å². The van der Waals surface area contributed by atoms with Crippen molar-refractivity contribution in [2.24, 2.45) is 11.7 Å². The molecule has 2 amide bonds. The van der Waals surface area contributed by atoms with Gasteiger partial charge in [0, 0.05) is 37.1 Å². The standard InChI is InChI=1S/C22H32N4O3/c23-13-20(26(18-5-2-6-18)14-16-3-1-4-16)22(28)24-17-7-9-19(10-8-17)25-11-12-29-15-21(25)27/h7-10,16,18,20H,1-6,11-15,23H2,(H,24,28)/t20-/m1/s1. The van der Waals surface area contributed by atoms with Crippen molar-refractivity contribution >= 4 is 23.2 Å². The Kier molecular flexibility index (Phi) is 6.47. The van der Waals surface area contributed by atoms with E-state index < -0.39 is 0 Å². The van der Waals surface area contributed by atoms with E-state index in [4.69, 9.17) is 10.5 Å². The van der Waals surface area contributed by atoms with Crippen LogP contribution in [0.1, 0.15) is 38.5 Å². The SMILES string of the molecule is NC[C@H](C(=O)Nc1ccc(N2CCOCC2=O)cc1)N(CC1CCC1)C1CCC1. The molecule has 158 valence electrons. The number of amides is 2. The normalized spacial score (nSPS) is 21.6. The minimum atomic E-state index is -0.290. The zero-order valence-corrected chi connectivity index (χ0v) is 17.0. The molecule has 1 aliphatic heterocycles. The number of morpholine rings is 1. The van der Waals surface area contributed by atoms with Crippen molar-refractivity contribution < 1.29 is 14.3 Å². The Balaban J connectivity index is 1.40. The molecule has 3 N–H and O–H groups in total. The molecule has 29 heavy (non-hydrogen) atoms. The summed E-state index contributed by atoms with van der Waals surface area (Å²) in [6, 6.07) is 7.64. The molecule has 0 bridgehead atoms. The summed E-state index contributed by atoms with van der Waals surface area (Å²) in [6.45, 7) is 2.53. The second-order valence-corrected chi connectivity index (χ2v) is 8.46. The van der Waals surface area contributed by atoms with Crippen molar-refractivity contribution in [1.29, 1.82) is 0 Å². The zero-order chi connectivity index (χ0) is 20.2. The Bertz CT molecular complexity index is 715. The van der Waals surface area contributed by atoms with Crippen LogP contribution in [0.25, 0.3) is 0 Å². The molecule has 4 rings (SSSR count). The highest BCUT2D eigenvalue weighted by molar-refractivity contribution is 5.97. The van der Waals surface area contributed by atoms with Crippen LogP contribution in [0.4, 0.5) is 11.4 Å². The largest absolute Gasteiger partial charge is 0.370 e. The van der Waals surface area contributed by atoms with Gasteiger partial charge in [0.05, 0.1) is 6.61 Å². The number of rotatable bonds is 8. The highest BCUT2D eigenvalue weighted by Crippen LogP contribution is 2.33. The molecular formula is C22H32N4O3. The number of hydrogen-bond donors (Lipinski definition) is 2. The average molecular weight is 401 g/mol. The Hall–Kier alpha value is -1.96. The topological polar surface area (TPSA) is 87.9 Å². The summed E-state index contributed by atoms with van der Waals surface area (Å²) in [5.41, 5.74) is 7.62. The zero-order valence-electron chi connectivity index (χ0n) is 17.0. The van der Waals surface area contributed by atoms with Crippen molar-refractivity contribution in [3.05, 3.63) is 24.3 Å². The molecule has 7 heteroatoms. The quantitative estimate of drug-likeness (QED) is 0.697. The molecule has 1 aromatic carbocycles. The highest BCUT2D eigenvalue weighted by atomic mass is 16.5. The van der Waals surface area contributed by atoms with Gasteiger partial charge in [0.15, 0.2) is 0 Å². The molecule has 2 saturated carbocycles. The van der Waals surface area contributed by atoms with Crippen LogP contribution in [0.3, 0.4) is 0 Å². The van der Waals surface area contributed by atoms with Gasteiger partial charge >= 0.3 is 0 Å². The molecule has 1 saturated heterocycles.